The van der Waals surface area contributed by atoms with Crippen LogP contribution in [0.3, 0.4) is 0 Å². The third-order valence-electron chi connectivity index (χ3n) is 5.05. The third-order valence-corrected chi connectivity index (χ3v) is 7.04. The first kappa shape index (κ1) is 23.7. The van der Waals surface area contributed by atoms with Crippen molar-refractivity contribution in [3.8, 4) is 22.6 Å². The van der Waals surface area contributed by atoms with Crippen molar-refractivity contribution in [1.82, 2.24) is 19.7 Å². The highest BCUT2D eigenvalue weighted by molar-refractivity contribution is 7.99. The Morgan fingerprint density at radius 2 is 1.88 bits per heavy atom. The molecule has 0 aliphatic carbocycles. The number of thioether (sulfide) groups is 1. The highest BCUT2D eigenvalue weighted by atomic mass is 32.2. The summed E-state index contributed by atoms with van der Waals surface area (Å²) in [5, 5.41) is 12.5. The number of carbonyl (C=O) groups is 2. The fourth-order valence-corrected chi connectivity index (χ4v) is 5.42. The van der Waals surface area contributed by atoms with E-state index >= 15 is 0 Å². The number of ether oxygens (including phenoxy) is 1. The number of thiophene rings is 1. The van der Waals surface area contributed by atoms with Gasteiger partial charge in [-0.25, -0.2) is 4.79 Å². The van der Waals surface area contributed by atoms with E-state index in [1.807, 2.05) is 66.9 Å². The predicted octanol–water partition coefficient (Wildman–Crippen LogP) is 4.91. The second-order valence-corrected chi connectivity index (χ2v) is 9.36. The fraction of sp³-hybridized carbons (Fsp3) is 0.208. The van der Waals surface area contributed by atoms with Crippen LogP contribution in [0, 0.1) is 6.92 Å². The molecule has 0 aliphatic heterocycles. The Kier molecular flexibility index (Phi) is 7.39. The summed E-state index contributed by atoms with van der Waals surface area (Å²) in [5.41, 5.74) is 2.75. The molecule has 1 aromatic carbocycles. The number of benzene rings is 1. The lowest BCUT2D eigenvalue weighted by atomic mass is 10.0. The molecule has 0 radical (unpaired) electrons. The molecule has 0 fully saturated rings. The number of carbonyl (C=O) groups excluding carboxylic acids is 2. The molecule has 0 spiro atoms. The van der Waals surface area contributed by atoms with Gasteiger partial charge < -0.3 is 14.6 Å². The van der Waals surface area contributed by atoms with Gasteiger partial charge in [0.25, 0.3) is 0 Å². The molecule has 0 aliphatic rings. The fourth-order valence-electron chi connectivity index (χ4n) is 3.54. The van der Waals surface area contributed by atoms with E-state index in [0.717, 1.165) is 21.7 Å². The van der Waals surface area contributed by atoms with Crippen LogP contribution < -0.4 is 5.32 Å². The lowest BCUT2D eigenvalue weighted by molar-refractivity contribution is -0.113. The van der Waals surface area contributed by atoms with Gasteiger partial charge in [-0.05, 0) is 31.5 Å². The molecule has 1 amide bonds. The molecule has 1 N–H and O–H groups in total. The maximum absolute atomic E-state index is 12.8. The Balaban J connectivity index is 1.53. The molecule has 0 saturated heterocycles. The first-order valence-electron chi connectivity index (χ1n) is 10.6. The van der Waals surface area contributed by atoms with Crippen LogP contribution in [0.5, 0.6) is 0 Å². The molecule has 174 valence electrons. The van der Waals surface area contributed by atoms with Crippen molar-refractivity contribution >= 4 is 40.0 Å². The van der Waals surface area contributed by atoms with E-state index in [9.17, 15) is 9.59 Å². The quantitative estimate of drug-likeness (QED) is 0.275. The van der Waals surface area contributed by atoms with Gasteiger partial charge in [-0.15, -0.1) is 21.5 Å². The average molecular weight is 494 g/mol. The number of aromatic nitrogens is 4. The van der Waals surface area contributed by atoms with Crippen LogP contribution in [0.2, 0.25) is 0 Å². The lowest BCUT2D eigenvalue weighted by Crippen LogP contribution is -2.16. The summed E-state index contributed by atoms with van der Waals surface area (Å²) in [6.07, 6.45) is 1.70. The Labute approximate surface area is 205 Å². The van der Waals surface area contributed by atoms with Gasteiger partial charge in [0.05, 0.1) is 12.9 Å². The SMILES string of the molecule is CCn1c(SCC(=O)Nc2sc(C)c(-c3ccccc3)c2C(=O)OC)nnc1-c1ccccn1. The van der Waals surface area contributed by atoms with Crippen molar-refractivity contribution in [3.63, 3.8) is 0 Å². The maximum Gasteiger partial charge on any atom is 0.341 e. The van der Waals surface area contributed by atoms with Gasteiger partial charge >= 0.3 is 5.97 Å². The number of hydrogen-bond acceptors (Lipinski definition) is 8. The summed E-state index contributed by atoms with van der Waals surface area (Å²) in [6.45, 7) is 4.55. The molecular formula is C24H23N5O3S2. The van der Waals surface area contributed by atoms with Crippen LogP contribution in [-0.4, -0.2) is 44.5 Å². The zero-order valence-corrected chi connectivity index (χ0v) is 20.6. The summed E-state index contributed by atoms with van der Waals surface area (Å²) in [4.78, 5) is 30.7. The number of aryl methyl sites for hydroxylation is 1. The van der Waals surface area contributed by atoms with Crippen molar-refractivity contribution in [1.29, 1.82) is 0 Å². The van der Waals surface area contributed by atoms with Gasteiger partial charge in [-0.3, -0.25) is 9.78 Å². The second kappa shape index (κ2) is 10.6. The number of hydrogen-bond donors (Lipinski definition) is 1. The minimum atomic E-state index is -0.489. The van der Waals surface area contributed by atoms with E-state index in [1.54, 1.807) is 6.20 Å². The lowest BCUT2D eigenvalue weighted by Gasteiger charge is -2.09. The number of amides is 1. The number of rotatable bonds is 8. The first-order valence-corrected chi connectivity index (χ1v) is 12.4. The molecule has 0 saturated carbocycles. The molecule has 0 bridgehead atoms. The van der Waals surface area contributed by atoms with Crippen molar-refractivity contribution in [2.45, 2.75) is 25.5 Å². The van der Waals surface area contributed by atoms with Crippen LogP contribution >= 0.6 is 23.1 Å². The smallest absolute Gasteiger partial charge is 0.341 e. The van der Waals surface area contributed by atoms with Gasteiger partial charge in [0.2, 0.25) is 5.91 Å². The van der Waals surface area contributed by atoms with Gasteiger partial charge in [-0.2, -0.15) is 0 Å². The Morgan fingerprint density at radius 3 is 2.56 bits per heavy atom. The summed E-state index contributed by atoms with van der Waals surface area (Å²) < 4.78 is 6.94. The Bertz CT molecular complexity index is 1300. The zero-order chi connectivity index (χ0) is 24.1. The van der Waals surface area contributed by atoms with Gasteiger partial charge in [-0.1, -0.05) is 48.2 Å². The molecule has 34 heavy (non-hydrogen) atoms. The van der Waals surface area contributed by atoms with E-state index in [2.05, 4.69) is 20.5 Å². The number of nitrogens with zero attached hydrogens (tertiary/aromatic N) is 4. The minimum Gasteiger partial charge on any atom is -0.465 e. The molecule has 4 rings (SSSR count). The molecule has 0 atom stereocenters. The minimum absolute atomic E-state index is 0.110. The van der Waals surface area contributed by atoms with E-state index in [1.165, 1.54) is 30.2 Å². The van der Waals surface area contributed by atoms with Crippen LogP contribution in [0.25, 0.3) is 22.6 Å². The van der Waals surface area contributed by atoms with Crippen molar-refractivity contribution < 1.29 is 14.3 Å². The molecule has 4 aromatic rings. The zero-order valence-electron chi connectivity index (χ0n) is 18.9. The molecule has 10 heteroatoms. The highest BCUT2D eigenvalue weighted by Gasteiger charge is 2.25. The van der Waals surface area contributed by atoms with E-state index in [4.69, 9.17) is 4.74 Å². The first-order chi connectivity index (χ1) is 16.5. The Morgan fingerprint density at radius 1 is 1.12 bits per heavy atom. The van der Waals surface area contributed by atoms with Crippen molar-refractivity contribution in [2.75, 3.05) is 18.2 Å². The molecule has 8 nitrogen and oxygen atoms in total. The topological polar surface area (TPSA) is 99.0 Å². The second-order valence-electron chi connectivity index (χ2n) is 7.20. The molecular weight excluding hydrogens is 470 g/mol. The van der Waals surface area contributed by atoms with Crippen molar-refractivity contribution in [3.05, 3.63) is 65.2 Å². The number of esters is 1. The van der Waals surface area contributed by atoms with Crippen LogP contribution in [-0.2, 0) is 16.1 Å². The highest BCUT2D eigenvalue weighted by Crippen LogP contribution is 2.40. The summed E-state index contributed by atoms with van der Waals surface area (Å²) in [5.74, 6) is 0.0248. The molecule has 3 aromatic heterocycles. The van der Waals surface area contributed by atoms with E-state index in [-0.39, 0.29) is 11.7 Å². The summed E-state index contributed by atoms with van der Waals surface area (Å²) in [7, 11) is 1.34. The van der Waals surface area contributed by atoms with Gasteiger partial charge in [0, 0.05) is 23.2 Å². The van der Waals surface area contributed by atoms with Crippen LogP contribution in [0.4, 0.5) is 5.00 Å². The van der Waals surface area contributed by atoms with E-state index in [0.29, 0.717) is 28.1 Å². The molecule has 3 heterocycles. The third kappa shape index (κ3) is 4.87. The van der Waals surface area contributed by atoms with E-state index < -0.39 is 5.97 Å². The standard InChI is InChI=1S/C24H23N5O3S2/c1-4-29-21(17-12-8-9-13-25-17)27-28-24(29)33-14-18(30)26-22-20(23(31)32-3)19(15(2)34-22)16-10-6-5-7-11-16/h5-13H,4,14H2,1-3H3,(H,26,30). The number of methoxy groups -OCH3 is 1. The van der Waals surface area contributed by atoms with Crippen LogP contribution in [0.15, 0.2) is 59.9 Å². The Hall–Kier alpha value is -3.50. The average Bonchev–Trinajstić information content (AvgIpc) is 3.43. The largest absolute Gasteiger partial charge is 0.465 e. The monoisotopic (exact) mass is 493 g/mol. The normalized spacial score (nSPS) is 10.8. The number of nitrogens with one attached hydrogen (secondary N) is 1. The van der Waals surface area contributed by atoms with Crippen molar-refractivity contribution in [2.24, 2.45) is 0 Å². The number of pyridine rings is 1. The maximum atomic E-state index is 12.8. The predicted molar refractivity (Wildman–Crippen MR) is 134 cm³/mol. The summed E-state index contributed by atoms with van der Waals surface area (Å²) in [6, 6.07) is 15.2. The summed E-state index contributed by atoms with van der Waals surface area (Å²) >= 11 is 2.63. The van der Waals surface area contributed by atoms with Gasteiger partial charge in [0.1, 0.15) is 16.3 Å². The van der Waals surface area contributed by atoms with Gasteiger partial charge in [0.15, 0.2) is 11.0 Å². The van der Waals surface area contributed by atoms with Crippen LogP contribution in [0.1, 0.15) is 22.2 Å². The molecule has 0 unspecified atom stereocenters. The number of anilines is 1.